The third-order valence-corrected chi connectivity index (χ3v) is 3.71. The number of nitrogens with one attached hydrogen (secondary N) is 1. The number of rotatable bonds is 4. The molecular weight excluding hydrogens is 290 g/mol. The molecule has 1 unspecified atom stereocenters. The first-order valence-electron chi connectivity index (χ1n) is 6.43. The first-order valence-corrected chi connectivity index (χ1v) is 6.84. The van der Waals surface area contributed by atoms with Gasteiger partial charge in [-0.3, -0.25) is 19.3 Å². The first kappa shape index (κ1) is 15.1. The summed E-state index contributed by atoms with van der Waals surface area (Å²) in [6.45, 7) is 1.81. The fourth-order valence-electron chi connectivity index (χ4n) is 2.18. The molecule has 2 rings (SSSR count). The second-order valence-corrected chi connectivity index (χ2v) is 5.25. The molecule has 6 nitrogen and oxygen atoms in total. The average molecular weight is 305 g/mol. The number of anilines is 1. The molecule has 7 heteroatoms. The number of nitrogens with two attached hydrogens (primary N) is 1. The largest absolute Gasteiger partial charge is 0.393 e. The fourth-order valence-corrected chi connectivity index (χ4v) is 2.46. The van der Waals surface area contributed by atoms with Crippen molar-refractivity contribution in [2.75, 3.05) is 12.4 Å². The summed E-state index contributed by atoms with van der Waals surface area (Å²) in [5.74, 6) is -1.61. The van der Waals surface area contributed by atoms with E-state index in [0.29, 0.717) is 17.7 Å². The second kappa shape index (κ2) is 5.61. The molecule has 3 amide bonds. The van der Waals surface area contributed by atoms with Crippen LogP contribution < -0.4 is 11.1 Å². The molecule has 1 aliphatic heterocycles. The zero-order chi connectivity index (χ0) is 15.7. The molecule has 0 fully saturated rings. The molecule has 1 atom stereocenters. The molecule has 1 aliphatic rings. The molecule has 21 heavy (non-hydrogen) atoms. The van der Waals surface area contributed by atoms with Crippen molar-refractivity contribution in [3.63, 3.8) is 0 Å². The average Bonchev–Trinajstić information content (AvgIpc) is 2.64. The SMILES string of the molecule is CCC(C(=O)Nc1ccc2c(c1)C(=O)N(C)C2=O)C(N)=S. The van der Waals surface area contributed by atoms with Gasteiger partial charge in [0.2, 0.25) is 5.91 Å². The van der Waals surface area contributed by atoms with E-state index in [0.717, 1.165) is 4.90 Å². The van der Waals surface area contributed by atoms with Crippen LogP contribution in [0.4, 0.5) is 5.69 Å². The Hall–Kier alpha value is -2.28. The van der Waals surface area contributed by atoms with Crippen LogP contribution in [0, 0.1) is 5.92 Å². The summed E-state index contributed by atoms with van der Waals surface area (Å²) in [5.41, 5.74) is 6.57. The van der Waals surface area contributed by atoms with E-state index in [2.05, 4.69) is 5.32 Å². The van der Waals surface area contributed by atoms with Crippen molar-refractivity contribution in [1.29, 1.82) is 0 Å². The Balaban J connectivity index is 2.25. The molecule has 0 saturated carbocycles. The third kappa shape index (κ3) is 2.64. The quantitative estimate of drug-likeness (QED) is 0.643. The molecular formula is C14H15N3O3S. The van der Waals surface area contributed by atoms with Crippen LogP contribution >= 0.6 is 12.2 Å². The number of carbonyl (C=O) groups is 3. The van der Waals surface area contributed by atoms with Gasteiger partial charge in [0, 0.05) is 12.7 Å². The number of amides is 3. The van der Waals surface area contributed by atoms with Gasteiger partial charge in [-0.2, -0.15) is 0 Å². The lowest BCUT2D eigenvalue weighted by molar-refractivity contribution is -0.118. The van der Waals surface area contributed by atoms with Crippen molar-refractivity contribution >= 4 is 40.6 Å². The van der Waals surface area contributed by atoms with Crippen molar-refractivity contribution in [2.24, 2.45) is 11.7 Å². The van der Waals surface area contributed by atoms with Crippen LogP contribution in [0.5, 0.6) is 0 Å². The van der Waals surface area contributed by atoms with Crippen molar-refractivity contribution in [1.82, 2.24) is 4.90 Å². The maximum Gasteiger partial charge on any atom is 0.261 e. The predicted octanol–water partition coefficient (Wildman–Crippen LogP) is 1.16. The smallest absolute Gasteiger partial charge is 0.261 e. The van der Waals surface area contributed by atoms with Crippen LogP contribution in [0.15, 0.2) is 18.2 Å². The topological polar surface area (TPSA) is 92.5 Å². The lowest BCUT2D eigenvalue weighted by Gasteiger charge is -2.13. The fraction of sp³-hybridized carbons (Fsp3) is 0.286. The lowest BCUT2D eigenvalue weighted by Crippen LogP contribution is -2.32. The number of benzene rings is 1. The highest BCUT2D eigenvalue weighted by molar-refractivity contribution is 7.80. The minimum absolute atomic E-state index is 0.127. The minimum Gasteiger partial charge on any atom is -0.393 e. The molecule has 0 radical (unpaired) electrons. The highest BCUT2D eigenvalue weighted by atomic mass is 32.1. The maximum atomic E-state index is 12.1. The normalized spacial score (nSPS) is 14.9. The highest BCUT2D eigenvalue weighted by Crippen LogP contribution is 2.25. The lowest BCUT2D eigenvalue weighted by atomic mass is 10.1. The van der Waals surface area contributed by atoms with Gasteiger partial charge in [0.25, 0.3) is 11.8 Å². The van der Waals surface area contributed by atoms with Crippen LogP contribution in [-0.2, 0) is 4.79 Å². The van der Waals surface area contributed by atoms with E-state index >= 15 is 0 Å². The first-order chi connectivity index (χ1) is 9.86. The Morgan fingerprint density at radius 3 is 2.52 bits per heavy atom. The molecule has 0 spiro atoms. The molecule has 0 saturated heterocycles. The van der Waals surface area contributed by atoms with Gasteiger partial charge in [-0.25, -0.2) is 0 Å². The Bertz CT molecular complexity index is 657. The molecule has 1 heterocycles. The molecule has 1 aromatic carbocycles. The molecule has 3 N–H and O–H groups in total. The van der Waals surface area contributed by atoms with E-state index in [1.807, 2.05) is 6.92 Å². The molecule has 0 bridgehead atoms. The second-order valence-electron chi connectivity index (χ2n) is 4.78. The maximum absolute atomic E-state index is 12.1. The van der Waals surface area contributed by atoms with E-state index in [4.69, 9.17) is 18.0 Å². The summed E-state index contributed by atoms with van der Waals surface area (Å²) in [6.07, 6.45) is 0.492. The van der Waals surface area contributed by atoms with Gasteiger partial charge >= 0.3 is 0 Å². The minimum atomic E-state index is -0.562. The molecule has 1 aromatic rings. The van der Waals surface area contributed by atoms with Crippen molar-refractivity contribution in [3.05, 3.63) is 29.3 Å². The van der Waals surface area contributed by atoms with Gasteiger partial charge in [-0.1, -0.05) is 19.1 Å². The Kier molecular flexibility index (Phi) is 4.04. The van der Waals surface area contributed by atoms with E-state index < -0.39 is 5.92 Å². The molecule has 0 aliphatic carbocycles. The summed E-state index contributed by atoms with van der Waals surface area (Å²) in [4.78, 5) is 36.9. The number of thiocarbonyl (C=S) groups is 1. The van der Waals surface area contributed by atoms with Gasteiger partial charge < -0.3 is 11.1 Å². The van der Waals surface area contributed by atoms with Crippen LogP contribution in [0.25, 0.3) is 0 Å². The van der Waals surface area contributed by atoms with E-state index in [-0.39, 0.29) is 28.3 Å². The van der Waals surface area contributed by atoms with Crippen LogP contribution in [0.1, 0.15) is 34.1 Å². The standard InChI is InChI=1S/C14H15N3O3S/c1-3-8(11(15)21)12(18)16-7-4-5-9-10(6-7)14(20)17(2)13(9)19/h4-6,8H,3H2,1-2H3,(H2,15,21)(H,16,18). The Morgan fingerprint density at radius 2 is 1.95 bits per heavy atom. The van der Waals surface area contributed by atoms with E-state index in [9.17, 15) is 14.4 Å². The summed E-state index contributed by atoms with van der Waals surface area (Å²) < 4.78 is 0. The molecule has 110 valence electrons. The van der Waals surface area contributed by atoms with E-state index in [1.54, 1.807) is 6.07 Å². The predicted molar refractivity (Wildman–Crippen MR) is 82.1 cm³/mol. The number of hydrogen-bond donors (Lipinski definition) is 2. The Labute approximate surface area is 127 Å². The zero-order valence-electron chi connectivity index (χ0n) is 11.7. The molecule has 0 aromatic heterocycles. The monoisotopic (exact) mass is 305 g/mol. The summed E-state index contributed by atoms with van der Waals surface area (Å²) in [7, 11) is 1.42. The number of fused-ring (bicyclic) bond motifs is 1. The van der Waals surface area contributed by atoms with E-state index in [1.165, 1.54) is 19.2 Å². The number of nitrogens with zero attached hydrogens (tertiary/aromatic N) is 1. The summed E-state index contributed by atoms with van der Waals surface area (Å²) in [6, 6.07) is 4.59. The zero-order valence-corrected chi connectivity index (χ0v) is 12.5. The number of carbonyl (C=O) groups excluding carboxylic acids is 3. The van der Waals surface area contributed by atoms with Gasteiger partial charge in [-0.05, 0) is 24.6 Å². The third-order valence-electron chi connectivity index (χ3n) is 3.43. The van der Waals surface area contributed by atoms with Crippen molar-refractivity contribution < 1.29 is 14.4 Å². The van der Waals surface area contributed by atoms with Crippen LogP contribution in [0.2, 0.25) is 0 Å². The Morgan fingerprint density at radius 1 is 1.33 bits per heavy atom. The highest BCUT2D eigenvalue weighted by Gasteiger charge is 2.33. The summed E-state index contributed by atoms with van der Waals surface area (Å²) >= 11 is 4.85. The van der Waals surface area contributed by atoms with Crippen LogP contribution in [-0.4, -0.2) is 34.7 Å². The van der Waals surface area contributed by atoms with Crippen LogP contribution in [0.3, 0.4) is 0 Å². The number of imide groups is 1. The van der Waals surface area contributed by atoms with Gasteiger partial charge in [0.1, 0.15) is 0 Å². The van der Waals surface area contributed by atoms with Gasteiger partial charge in [0.05, 0.1) is 22.0 Å². The van der Waals surface area contributed by atoms with Crippen molar-refractivity contribution in [3.8, 4) is 0 Å². The van der Waals surface area contributed by atoms with Gasteiger partial charge in [0.15, 0.2) is 0 Å². The van der Waals surface area contributed by atoms with Crippen molar-refractivity contribution in [2.45, 2.75) is 13.3 Å². The number of hydrogen-bond acceptors (Lipinski definition) is 4. The van der Waals surface area contributed by atoms with Gasteiger partial charge in [-0.15, -0.1) is 0 Å². The summed E-state index contributed by atoms with van der Waals surface area (Å²) in [5, 5.41) is 2.67.